The molecule has 0 radical (unpaired) electrons. The van der Waals surface area contributed by atoms with E-state index in [9.17, 15) is 15.0 Å². The highest BCUT2D eigenvalue weighted by Crippen LogP contribution is 2.32. The van der Waals surface area contributed by atoms with Gasteiger partial charge in [-0.25, -0.2) is 14.6 Å². The fourth-order valence-corrected chi connectivity index (χ4v) is 3.24. The number of ether oxygens (including phenoxy) is 2. The van der Waals surface area contributed by atoms with Crippen molar-refractivity contribution in [3.05, 3.63) is 48.4 Å². The molecule has 3 heterocycles. The number of aromatic nitrogens is 4. The van der Waals surface area contributed by atoms with Crippen LogP contribution in [0.2, 0.25) is 0 Å². The number of hydrogen-bond acceptors (Lipinski definition) is 9. The fourth-order valence-electron chi connectivity index (χ4n) is 3.24. The first-order chi connectivity index (χ1) is 14.0. The molecule has 1 aromatic carbocycles. The van der Waals surface area contributed by atoms with Crippen LogP contribution in [0.1, 0.15) is 18.7 Å². The molecule has 3 N–H and O–H groups in total. The second-order valence-corrected chi connectivity index (χ2v) is 6.74. The van der Waals surface area contributed by atoms with Crippen molar-refractivity contribution in [1.29, 1.82) is 0 Å². The van der Waals surface area contributed by atoms with Crippen LogP contribution in [-0.2, 0) is 20.8 Å². The van der Waals surface area contributed by atoms with Crippen molar-refractivity contribution in [3.63, 3.8) is 0 Å². The second-order valence-electron chi connectivity index (χ2n) is 6.74. The maximum atomic E-state index is 11.0. The largest absolute Gasteiger partial charge is 0.463 e. The van der Waals surface area contributed by atoms with Crippen LogP contribution in [0.25, 0.3) is 11.0 Å². The van der Waals surface area contributed by atoms with Crippen molar-refractivity contribution in [2.45, 2.75) is 38.0 Å². The Hall–Kier alpha value is -3.08. The zero-order chi connectivity index (χ0) is 20.4. The first-order valence-corrected chi connectivity index (χ1v) is 9.15. The minimum absolute atomic E-state index is 0.165. The predicted octanol–water partition coefficient (Wildman–Crippen LogP) is 0.621. The van der Waals surface area contributed by atoms with Gasteiger partial charge in [0.25, 0.3) is 0 Å². The lowest BCUT2D eigenvalue weighted by atomic mass is 10.1. The molecule has 4 atom stereocenters. The molecule has 1 aliphatic rings. The highest BCUT2D eigenvalue weighted by molar-refractivity contribution is 5.86. The van der Waals surface area contributed by atoms with Crippen LogP contribution in [-0.4, -0.2) is 60.8 Å². The van der Waals surface area contributed by atoms with Crippen molar-refractivity contribution in [3.8, 4) is 0 Å². The average Bonchev–Trinajstić information content (AvgIpc) is 3.27. The van der Waals surface area contributed by atoms with Crippen molar-refractivity contribution < 1.29 is 24.5 Å². The number of aliphatic hydroxyl groups excluding tert-OH is 2. The number of esters is 1. The van der Waals surface area contributed by atoms with E-state index in [0.29, 0.717) is 23.4 Å². The number of nitrogens with zero attached hydrogens (tertiary/aromatic N) is 4. The van der Waals surface area contributed by atoms with Gasteiger partial charge >= 0.3 is 5.97 Å². The number of fused-ring (bicyclic) bond motifs is 1. The van der Waals surface area contributed by atoms with Gasteiger partial charge in [-0.3, -0.25) is 4.79 Å². The molecule has 1 saturated heterocycles. The fraction of sp³-hybridized carbons (Fsp3) is 0.368. The lowest BCUT2D eigenvalue weighted by Gasteiger charge is -2.15. The lowest BCUT2D eigenvalue weighted by molar-refractivity contribution is -0.147. The summed E-state index contributed by atoms with van der Waals surface area (Å²) in [4.78, 5) is 19.5. The molecule has 3 aromatic rings. The van der Waals surface area contributed by atoms with Crippen LogP contribution < -0.4 is 5.32 Å². The Labute approximate surface area is 166 Å². The van der Waals surface area contributed by atoms with Crippen LogP contribution in [0.15, 0.2) is 42.9 Å². The van der Waals surface area contributed by atoms with Crippen LogP contribution >= 0.6 is 0 Å². The Morgan fingerprint density at radius 3 is 2.79 bits per heavy atom. The number of anilines is 1. The van der Waals surface area contributed by atoms with Gasteiger partial charge < -0.3 is 25.0 Å². The number of rotatable bonds is 6. The molecule has 0 aliphatic carbocycles. The lowest BCUT2D eigenvalue weighted by Crippen LogP contribution is -2.34. The van der Waals surface area contributed by atoms with E-state index in [4.69, 9.17) is 9.47 Å². The van der Waals surface area contributed by atoms with E-state index in [0.717, 1.165) is 5.56 Å². The molecule has 1 aliphatic heterocycles. The number of carbonyl (C=O) groups excluding carboxylic acids is 1. The number of carbonyl (C=O) groups is 1. The molecule has 10 heteroatoms. The Balaban J connectivity index is 1.55. The second kappa shape index (κ2) is 8.11. The first-order valence-electron chi connectivity index (χ1n) is 9.15. The summed E-state index contributed by atoms with van der Waals surface area (Å²) >= 11 is 0. The highest BCUT2D eigenvalue weighted by Gasteiger charge is 2.45. The Morgan fingerprint density at radius 1 is 1.24 bits per heavy atom. The molecule has 10 nitrogen and oxygen atoms in total. The SMILES string of the molecule is CC(=O)OC[C@H]1O[C@@H](n2ncc3c(NCc4ccccc4)ncnc32)[C@H](O)[C@@H]1O. The summed E-state index contributed by atoms with van der Waals surface area (Å²) in [7, 11) is 0. The van der Waals surface area contributed by atoms with Crippen LogP contribution in [0.4, 0.5) is 5.82 Å². The molecule has 2 aromatic heterocycles. The zero-order valence-corrected chi connectivity index (χ0v) is 15.7. The molecule has 0 amide bonds. The van der Waals surface area contributed by atoms with Gasteiger partial charge in [-0.15, -0.1) is 0 Å². The topological polar surface area (TPSA) is 132 Å². The zero-order valence-electron chi connectivity index (χ0n) is 15.7. The van der Waals surface area contributed by atoms with Gasteiger partial charge in [-0.05, 0) is 5.56 Å². The number of benzene rings is 1. The standard InChI is InChI=1S/C19H21N5O5/c1-11(25)28-9-14-15(26)16(27)19(29-14)24-18-13(8-23-24)17(21-10-22-18)20-7-12-5-3-2-4-6-12/h2-6,8,10,14-16,19,26-27H,7,9H2,1H3,(H,20,21,22)/t14-,15-,16-,19-/m1/s1. The molecule has 0 unspecified atom stereocenters. The Bertz CT molecular complexity index is 995. The van der Waals surface area contributed by atoms with Crippen molar-refractivity contribution in [1.82, 2.24) is 19.7 Å². The molecule has 4 rings (SSSR count). The third-order valence-corrected chi connectivity index (χ3v) is 4.72. The maximum absolute atomic E-state index is 11.0. The van der Waals surface area contributed by atoms with E-state index in [-0.39, 0.29) is 6.61 Å². The van der Waals surface area contributed by atoms with E-state index < -0.39 is 30.5 Å². The third kappa shape index (κ3) is 3.90. The summed E-state index contributed by atoms with van der Waals surface area (Å²) in [6.07, 6.45) is -1.35. The minimum atomic E-state index is -1.26. The normalized spacial score (nSPS) is 24.0. The molecule has 0 saturated carbocycles. The maximum Gasteiger partial charge on any atom is 0.302 e. The summed E-state index contributed by atoms with van der Waals surface area (Å²) in [5, 5.41) is 28.8. The molecule has 152 valence electrons. The summed E-state index contributed by atoms with van der Waals surface area (Å²) in [6.45, 7) is 1.67. The van der Waals surface area contributed by atoms with E-state index in [1.165, 1.54) is 17.9 Å². The predicted molar refractivity (Wildman–Crippen MR) is 102 cm³/mol. The van der Waals surface area contributed by atoms with E-state index in [1.54, 1.807) is 6.20 Å². The minimum Gasteiger partial charge on any atom is -0.463 e. The van der Waals surface area contributed by atoms with Gasteiger partial charge in [-0.2, -0.15) is 5.10 Å². The monoisotopic (exact) mass is 399 g/mol. The van der Waals surface area contributed by atoms with Gasteiger partial charge in [0, 0.05) is 13.5 Å². The van der Waals surface area contributed by atoms with Gasteiger partial charge in [-0.1, -0.05) is 30.3 Å². The number of aliphatic hydroxyl groups is 2. The van der Waals surface area contributed by atoms with Crippen LogP contribution in [0.3, 0.4) is 0 Å². The molecule has 0 bridgehead atoms. The third-order valence-electron chi connectivity index (χ3n) is 4.72. The summed E-state index contributed by atoms with van der Waals surface area (Å²) in [5.41, 5.74) is 1.54. The number of hydrogen-bond donors (Lipinski definition) is 3. The highest BCUT2D eigenvalue weighted by atomic mass is 16.6. The Kier molecular flexibility index (Phi) is 5.38. The van der Waals surface area contributed by atoms with Gasteiger partial charge in [0.2, 0.25) is 0 Å². The van der Waals surface area contributed by atoms with Crippen molar-refractivity contribution >= 4 is 22.8 Å². The molecular weight excluding hydrogens is 378 g/mol. The number of nitrogens with one attached hydrogen (secondary N) is 1. The summed E-state index contributed by atoms with van der Waals surface area (Å²) < 4.78 is 12.0. The van der Waals surface area contributed by atoms with Gasteiger partial charge in [0.05, 0.1) is 11.6 Å². The molecule has 29 heavy (non-hydrogen) atoms. The van der Waals surface area contributed by atoms with E-state index in [1.807, 2.05) is 30.3 Å². The Morgan fingerprint density at radius 2 is 2.03 bits per heavy atom. The van der Waals surface area contributed by atoms with E-state index >= 15 is 0 Å². The van der Waals surface area contributed by atoms with Gasteiger partial charge in [0.15, 0.2) is 11.9 Å². The first kappa shape index (κ1) is 19.2. The molecule has 0 spiro atoms. The van der Waals surface area contributed by atoms with Crippen molar-refractivity contribution in [2.75, 3.05) is 11.9 Å². The molecular formula is C19H21N5O5. The van der Waals surface area contributed by atoms with Crippen molar-refractivity contribution in [2.24, 2.45) is 0 Å². The summed E-state index contributed by atoms with van der Waals surface area (Å²) in [5.74, 6) is 0.0970. The average molecular weight is 399 g/mol. The van der Waals surface area contributed by atoms with E-state index in [2.05, 4.69) is 20.4 Å². The molecule has 1 fully saturated rings. The summed E-state index contributed by atoms with van der Waals surface area (Å²) in [6, 6.07) is 9.87. The van der Waals surface area contributed by atoms with Gasteiger partial charge in [0.1, 0.15) is 37.1 Å². The van der Waals surface area contributed by atoms with Crippen LogP contribution in [0.5, 0.6) is 0 Å². The quantitative estimate of drug-likeness (QED) is 0.510. The van der Waals surface area contributed by atoms with Crippen LogP contribution in [0, 0.1) is 0 Å². The smallest absolute Gasteiger partial charge is 0.302 e.